The number of methoxy groups -OCH3 is 1. The van der Waals surface area contributed by atoms with Gasteiger partial charge in [-0.05, 0) is 43.2 Å². The molecule has 1 saturated carbocycles. The highest BCUT2D eigenvalue weighted by atomic mass is 32.1. The first-order valence-corrected chi connectivity index (χ1v) is 6.33. The molecule has 1 aliphatic rings. The molecule has 84 valence electrons. The van der Waals surface area contributed by atoms with Crippen LogP contribution in [0.2, 0.25) is 0 Å². The number of ether oxygens (including phenoxy) is 1. The minimum Gasteiger partial charge on any atom is -0.384 e. The summed E-state index contributed by atoms with van der Waals surface area (Å²) >= 11 is 1.66. The first-order valence-electron chi connectivity index (χ1n) is 5.45. The molecule has 0 bridgehead atoms. The van der Waals surface area contributed by atoms with Crippen LogP contribution >= 0.6 is 11.3 Å². The summed E-state index contributed by atoms with van der Waals surface area (Å²) in [5.41, 5.74) is 0.566. The van der Waals surface area contributed by atoms with Crippen molar-refractivity contribution < 1.29 is 9.84 Å². The van der Waals surface area contributed by atoms with Gasteiger partial charge in [0.2, 0.25) is 0 Å². The predicted octanol–water partition coefficient (Wildman–Crippen LogP) is 2.83. The molecule has 0 amide bonds. The molecule has 3 heteroatoms. The quantitative estimate of drug-likeness (QED) is 0.840. The molecule has 0 spiro atoms. The van der Waals surface area contributed by atoms with Crippen LogP contribution < -0.4 is 0 Å². The monoisotopic (exact) mass is 226 g/mol. The number of rotatable bonds is 2. The predicted molar refractivity (Wildman–Crippen MR) is 62.2 cm³/mol. The maximum absolute atomic E-state index is 10.6. The first kappa shape index (κ1) is 11.1. The second kappa shape index (κ2) is 4.24. The van der Waals surface area contributed by atoms with Crippen LogP contribution in [0.1, 0.15) is 36.1 Å². The second-order valence-electron chi connectivity index (χ2n) is 4.42. The Hall–Kier alpha value is -0.380. The zero-order chi connectivity index (χ0) is 10.9. The van der Waals surface area contributed by atoms with Crippen LogP contribution in [0.4, 0.5) is 0 Å². The Balaban J connectivity index is 2.22. The van der Waals surface area contributed by atoms with Crippen molar-refractivity contribution in [1.82, 2.24) is 0 Å². The Morgan fingerprint density at radius 2 is 2.40 bits per heavy atom. The van der Waals surface area contributed by atoms with Crippen molar-refractivity contribution in [3.05, 3.63) is 21.9 Å². The average Bonchev–Trinajstić information content (AvgIpc) is 2.65. The maximum atomic E-state index is 10.6. The Morgan fingerprint density at radius 3 is 3.00 bits per heavy atom. The molecule has 2 unspecified atom stereocenters. The van der Waals surface area contributed by atoms with Gasteiger partial charge in [0.05, 0.1) is 6.10 Å². The number of aryl methyl sites for hydroxylation is 1. The molecule has 0 aliphatic heterocycles. The van der Waals surface area contributed by atoms with Crippen LogP contribution in [0, 0.1) is 6.92 Å². The van der Waals surface area contributed by atoms with Crippen molar-refractivity contribution >= 4 is 11.3 Å². The molecule has 2 rings (SSSR count). The lowest BCUT2D eigenvalue weighted by molar-refractivity contribution is -0.0612. The van der Waals surface area contributed by atoms with Gasteiger partial charge < -0.3 is 9.84 Å². The van der Waals surface area contributed by atoms with Crippen LogP contribution in [-0.4, -0.2) is 18.3 Å². The van der Waals surface area contributed by atoms with E-state index in [1.54, 1.807) is 18.4 Å². The fraction of sp³-hybridized carbons (Fsp3) is 0.667. The number of hydrogen-bond donors (Lipinski definition) is 1. The lowest BCUT2D eigenvalue weighted by Crippen LogP contribution is -2.35. The van der Waals surface area contributed by atoms with Gasteiger partial charge >= 0.3 is 0 Å². The highest BCUT2D eigenvalue weighted by molar-refractivity contribution is 7.10. The third-order valence-corrected chi connectivity index (χ3v) is 4.51. The summed E-state index contributed by atoms with van der Waals surface area (Å²) in [6, 6.07) is 2.08. The summed E-state index contributed by atoms with van der Waals surface area (Å²) in [6.45, 7) is 2.07. The minimum absolute atomic E-state index is 0.213. The van der Waals surface area contributed by atoms with Gasteiger partial charge in [0.15, 0.2) is 0 Å². The molecule has 0 aromatic carbocycles. The standard InChI is InChI=1S/C12H18O2S/c1-9-5-7-15-11(9)12(13)6-3-4-10(8-12)14-2/h5,7,10,13H,3-4,6,8H2,1-2H3. The zero-order valence-electron chi connectivity index (χ0n) is 9.32. The molecule has 1 aromatic rings. The normalized spacial score (nSPS) is 31.8. The summed E-state index contributed by atoms with van der Waals surface area (Å²) in [7, 11) is 1.73. The van der Waals surface area contributed by atoms with E-state index in [-0.39, 0.29) is 6.10 Å². The third-order valence-electron chi connectivity index (χ3n) is 3.30. The largest absolute Gasteiger partial charge is 0.384 e. The highest BCUT2D eigenvalue weighted by Crippen LogP contribution is 2.41. The lowest BCUT2D eigenvalue weighted by atomic mass is 9.81. The summed E-state index contributed by atoms with van der Waals surface area (Å²) in [5.74, 6) is 0. The van der Waals surface area contributed by atoms with E-state index in [2.05, 4.69) is 18.4 Å². The molecule has 0 radical (unpaired) electrons. The van der Waals surface area contributed by atoms with Gasteiger partial charge in [-0.3, -0.25) is 0 Å². The third kappa shape index (κ3) is 2.10. The molecule has 0 saturated heterocycles. The summed E-state index contributed by atoms with van der Waals surface area (Å²) in [5, 5.41) is 12.7. The van der Waals surface area contributed by atoms with Crippen LogP contribution in [0.15, 0.2) is 11.4 Å². The Morgan fingerprint density at radius 1 is 1.60 bits per heavy atom. The molecular formula is C12H18O2S. The number of thiophene rings is 1. The lowest BCUT2D eigenvalue weighted by Gasteiger charge is -2.36. The van der Waals surface area contributed by atoms with Crippen LogP contribution in [-0.2, 0) is 10.3 Å². The van der Waals surface area contributed by atoms with E-state index < -0.39 is 5.60 Å². The van der Waals surface area contributed by atoms with Gasteiger partial charge in [0.1, 0.15) is 5.60 Å². The fourth-order valence-corrected chi connectivity index (χ4v) is 3.53. The van der Waals surface area contributed by atoms with E-state index >= 15 is 0 Å². The van der Waals surface area contributed by atoms with Crippen LogP contribution in [0.3, 0.4) is 0 Å². The van der Waals surface area contributed by atoms with Gasteiger partial charge in [0, 0.05) is 18.4 Å². The maximum Gasteiger partial charge on any atom is 0.101 e. The van der Waals surface area contributed by atoms with Crippen molar-refractivity contribution in [2.45, 2.75) is 44.3 Å². The van der Waals surface area contributed by atoms with Crippen molar-refractivity contribution in [2.24, 2.45) is 0 Å². The second-order valence-corrected chi connectivity index (χ2v) is 5.33. The molecule has 15 heavy (non-hydrogen) atoms. The fourth-order valence-electron chi connectivity index (χ4n) is 2.46. The summed E-state index contributed by atoms with van der Waals surface area (Å²) in [6.07, 6.45) is 3.94. The Kier molecular flexibility index (Phi) is 3.14. The van der Waals surface area contributed by atoms with E-state index in [4.69, 9.17) is 4.74 Å². The van der Waals surface area contributed by atoms with Crippen molar-refractivity contribution in [3.63, 3.8) is 0 Å². The van der Waals surface area contributed by atoms with Gasteiger partial charge in [-0.1, -0.05) is 0 Å². The molecule has 1 fully saturated rings. The van der Waals surface area contributed by atoms with Crippen molar-refractivity contribution in [1.29, 1.82) is 0 Å². The van der Waals surface area contributed by atoms with Crippen molar-refractivity contribution in [3.8, 4) is 0 Å². The van der Waals surface area contributed by atoms with E-state index in [1.807, 2.05) is 0 Å². The molecule has 1 heterocycles. The minimum atomic E-state index is -0.642. The summed E-state index contributed by atoms with van der Waals surface area (Å²) < 4.78 is 5.37. The van der Waals surface area contributed by atoms with Crippen LogP contribution in [0.25, 0.3) is 0 Å². The Bertz CT molecular complexity index is 334. The summed E-state index contributed by atoms with van der Waals surface area (Å²) in [4.78, 5) is 1.13. The molecule has 1 aliphatic carbocycles. The van der Waals surface area contributed by atoms with Gasteiger partial charge in [-0.25, -0.2) is 0 Å². The zero-order valence-corrected chi connectivity index (χ0v) is 10.1. The first-order chi connectivity index (χ1) is 7.15. The molecule has 1 N–H and O–H groups in total. The van der Waals surface area contributed by atoms with E-state index in [9.17, 15) is 5.11 Å². The average molecular weight is 226 g/mol. The molecule has 2 nitrogen and oxygen atoms in total. The molecule has 1 aromatic heterocycles. The van der Waals surface area contributed by atoms with Gasteiger partial charge in [-0.15, -0.1) is 11.3 Å². The topological polar surface area (TPSA) is 29.5 Å². The molecular weight excluding hydrogens is 208 g/mol. The number of aliphatic hydroxyl groups is 1. The Labute approximate surface area is 94.9 Å². The number of hydrogen-bond acceptors (Lipinski definition) is 3. The highest BCUT2D eigenvalue weighted by Gasteiger charge is 2.37. The van der Waals surface area contributed by atoms with Crippen LogP contribution in [0.5, 0.6) is 0 Å². The van der Waals surface area contributed by atoms with Gasteiger partial charge in [-0.2, -0.15) is 0 Å². The smallest absolute Gasteiger partial charge is 0.101 e. The SMILES string of the molecule is COC1CCCC(O)(c2sccc2C)C1. The van der Waals surface area contributed by atoms with E-state index in [0.717, 1.165) is 30.6 Å². The van der Waals surface area contributed by atoms with E-state index in [0.29, 0.717) is 0 Å². The van der Waals surface area contributed by atoms with Gasteiger partial charge in [0.25, 0.3) is 0 Å². The van der Waals surface area contributed by atoms with E-state index in [1.165, 1.54) is 5.56 Å². The molecule has 2 atom stereocenters. The van der Waals surface area contributed by atoms with Crippen molar-refractivity contribution in [2.75, 3.05) is 7.11 Å².